The highest BCUT2D eigenvalue weighted by atomic mass is 32.2. The van der Waals surface area contributed by atoms with Crippen molar-refractivity contribution in [3.05, 3.63) is 0 Å². The van der Waals surface area contributed by atoms with Crippen molar-refractivity contribution < 1.29 is 24.3 Å². The number of hydrogen-bond donors (Lipinski definition) is 6. The summed E-state index contributed by atoms with van der Waals surface area (Å²) in [5, 5.41) is 17.2. The number of nitrogens with two attached hydrogens (primary N) is 1. The first-order valence-electron chi connectivity index (χ1n) is 10.1. The summed E-state index contributed by atoms with van der Waals surface area (Å²) in [6, 6.07) is -3.68. The lowest BCUT2D eigenvalue weighted by molar-refractivity contribution is -0.142. The number of nitrogens with one attached hydrogen (secondary N) is 3. The van der Waals surface area contributed by atoms with Crippen LogP contribution in [0.4, 0.5) is 0 Å². The van der Waals surface area contributed by atoms with Gasteiger partial charge in [-0.1, -0.05) is 20.3 Å². The SMILES string of the molecule is CCC(C)C(NC(=O)C(N)CS)C(=O)NC(CCSC)C(=O)NC(CCSC)C(=O)O. The number of carboxylic acids is 1. The second-order valence-electron chi connectivity index (χ2n) is 7.18. The zero-order chi connectivity index (χ0) is 24.0. The Morgan fingerprint density at radius 3 is 1.90 bits per heavy atom. The van der Waals surface area contributed by atoms with Crippen molar-refractivity contribution >= 4 is 59.8 Å². The third-order valence-corrected chi connectivity index (χ3v) is 6.48. The number of rotatable bonds is 16. The standard InChI is InChI=1S/C19H36N4O5S3/c1-5-11(2)15(23-16(24)12(20)10-29)18(26)21-13(6-8-30-3)17(25)22-14(19(27)28)7-9-31-4/h11-15,29H,5-10,20H2,1-4H3,(H,21,26)(H,22,25)(H,23,24)(H,27,28). The molecule has 0 aliphatic heterocycles. The smallest absolute Gasteiger partial charge is 0.326 e. The van der Waals surface area contributed by atoms with Crippen molar-refractivity contribution in [3.63, 3.8) is 0 Å². The Morgan fingerprint density at radius 1 is 0.935 bits per heavy atom. The Morgan fingerprint density at radius 2 is 1.45 bits per heavy atom. The average Bonchev–Trinajstić information content (AvgIpc) is 2.75. The molecule has 0 aromatic carbocycles. The van der Waals surface area contributed by atoms with E-state index in [0.29, 0.717) is 24.3 Å². The minimum absolute atomic E-state index is 0.131. The minimum atomic E-state index is -1.12. The summed E-state index contributed by atoms with van der Waals surface area (Å²) in [6.45, 7) is 3.70. The first-order chi connectivity index (χ1) is 14.6. The molecule has 9 nitrogen and oxygen atoms in total. The molecule has 0 radical (unpaired) electrons. The molecule has 5 unspecified atom stereocenters. The Hall–Kier alpha value is -1.11. The van der Waals surface area contributed by atoms with E-state index >= 15 is 0 Å². The zero-order valence-corrected chi connectivity index (χ0v) is 21.1. The zero-order valence-electron chi connectivity index (χ0n) is 18.6. The maximum absolute atomic E-state index is 13.0. The fraction of sp³-hybridized carbons (Fsp3) is 0.789. The van der Waals surface area contributed by atoms with Crippen LogP contribution in [0.15, 0.2) is 0 Å². The lowest BCUT2D eigenvalue weighted by Gasteiger charge is -2.27. The van der Waals surface area contributed by atoms with E-state index < -0.39 is 47.9 Å². The van der Waals surface area contributed by atoms with Crippen molar-refractivity contribution in [1.29, 1.82) is 0 Å². The van der Waals surface area contributed by atoms with Crippen LogP contribution in [0.3, 0.4) is 0 Å². The van der Waals surface area contributed by atoms with E-state index in [1.807, 2.05) is 26.4 Å². The van der Waals surface area contributed by atoms with E-state index in [1.165, 1.54) is 23.5 Å². The van der Waals surface area contributed by atoms with E-state index in [2.05, 4.69) is 28.6 Å². The van der Waals surface area contributed by atoms with Crippen LogP contribution in [0.1, 0.15) is 33.1 Å². The first-order valence-corrected chi connectivity index (χ1v) is 13.5. The topological polar surface area (TPSA) is 151 Å². The second kappa shape index (κ2) is 16.5. The number of carbonyl (C=O) groups excluding carboxylic acids is 3. The van der Waals surface area contributed by atoms with Crippen molar-refractivity contribution in [3.8, 4) is 0 Å². The number of carbonyl (C=O) groups is 4. The summed E-state index contributed by atoms with van der Waals surface area (Å²) in [4.78, 5) is 49.4. The Kier molecular flexibility index (Phi) is 15.9. The van der Waals surface area contributed by atoms with Gasteiger partial charge in [-0.15, -0.1) is 0 Å². The number of hydrogen-bond acceptors (Lipinski definition) is 8. The molecule has 0 rings (SSSR count). The van der Waals surface area contributed by atoms with Gasteiger partial charge in [-0.25, -0.2) is 4.79 Å². The predicted octanol–water partition coefficient (Wildman–Crippen LogP) is 0.335. The normalized spacial score (nSPS) is 15.8. The van der Waals surface area contributed by atoms with Crippen molar-refractivity contribution in [1.82, 2.24) is 16.0 Å². The van der Waals surface area contributed by atoms with Gasteiger partial charge in [-0.2, -0.15) is 36.2 Å². The van der Waals surface area contributed by atoms with Crippen LogP contribution in [0.5, 0.6) is 0 Å². The van der Waals surface area contributed by atoms with E-state index in [4.69, 9.17) is 5.73 Å². The molecule has 5 atom stereocenters. The Bertz CT molecular complexity index is 597. The fourth-order valence-electron chi connectivity index (χ4n) is 2.58. The van der Waals surface area contributed by atoms with Gasteiger partial charge in [0.2, 0.25) is 17.7 Å². The third kappa shape index (κ3) is 11.4. The Balaban J connectivity index is 5.41. The largest absolute Gasteiger partial charge is 0.480 e. The molecule has 0 saturated carbocycles. The van der Waals surface area contributed by atoms with Gasteiger partial charge in [-0.3, -0.25) is 14.4 Å². The van der Waals surface area contributed by atoms with Crippen molar-refractivity contribution in [2.75, 3.05) is 29.8 Å². The van der Waals surface area contributed by atoms with E-state index in [0.717, 1.165) is 0 Å². The molecule has 0 aromatic rings. The summed E-state index contributed by atoms with van der Waals surface area (Å²) in [6.07, 6.45) is 4.94. The highest BCUT2D eigenvalue weighted by Gasteiger charge is 2.32. The predicted molar refractivity (Wildman–Crippen MR) is 131 cm³/mol. The molecule has 6 N–H and O–H groups in total. The summed E-state index contributed by atoms with van der Waals surface area (Å²) >= 11 is 6.99. The van der Waals surface area contributed by atoms with Gasteiger partial charge in [0, 0.05) is 5.75 Å². The molecule has 0 aromatic heterocycles. The van der Waals surface area contributed by atoms with Gasteiger partial charge in [0.1, 0.15) is 18.1 Å². The molecule has 0 aliphatic rings. The van der Waals surface area contributed by atoms with E-state index in [1.54, 1.807) is 0 Å². The van der Waals surface area contributed by atoms with Gasteiger partial charge in [0.05, 0.1) is 6.04 Å². The number of carboxylic acid groups (broad SMARTS) is 1. The summed E-state index contributed by atoms with van der Waals surface area (Å²) in [7, 11) is 0. The number of aliphatic carboxylic acids is 1. The maximum atomic E-state index is 13.0. The minimum Gasteiger partial charge on any atom is -0.480 e. The molecule has 0 saturated heterocycles. The quantitative estimate of drug-likeness (QED) is 0.167. The van der Waals surface area contributed by atoms with Crippen LogP contribution < -0.4 is 21.7 Å². The molecule has 12 heteroatoms. The van der Waals surface area contributed by atoms with Crippen LogP contribution in [0.2, 0.25) is 0 Å². The molecule has 0 spiro atoms. The first kappa shape index (κ1) is 29.9. The van der Waals surface area contributed by atoms with Crippen LogP contribution >= 0.6 is 36.2 Å². The van der Waals surface area contributed by atoms with Crippen LogP contribution in [0.25, 0.3) is 0 Å². The van der Waals surface area contributed by atoms with Crippen LogP contribution in [0, 0.1) is 5.92 Å². The second-order valence-corrected chi connectivity index (χ2v) is 9.52. The third-order valence-electron chi connectivity index (χ3n) is 4.80. The summed E-state index contributed by atoms with van der Waals surface area (Å²) in [5.41, 5.74) is 5.70. The lowest BCUT2D eigenvalue weighted by Crippen LogP contribution is -2.59. The molecule has 0 aliphatic carbocycles. The highest BCUT2D eigenvalue weighted by molar-refractivity contribution is 7.98. The lowest BCUT2D eigenvalue weighted by atomic mass is 9.97. The molecular formula is C19H36N4O5S3. The van der Waals surface area contributed by atoms with Crippen molar-refractivity contribution in [2.45, 2.75) is 57.3 Å². The summed E-state index contributed by atoms with van der Waals surface area (Å²) < 4.78 is 0. The molecule has 0 fully saturated rings. The van der Waals surface area contributed by atoms with Gasteiger partial charge < -0.3 is 26.8 Å². The van der Waals surface area contributed by atoms with Crippen LogP contribution in [-0.2, 0) is 19.2 Å². The van der Waals surface area contributed by atoms with Gasteiger partial charge in [0.15, 0.2) is 0 Å². The molecular weight excluding hydrogens is 460 g/mol. The molecule has 0 bridgehead atoms. The van der Waals surface area contributed by atoms with Gasteiger partial charge >= 0.3 is 5.97 Å². The van der Waals surface area contributed by atoms with Crippen LogP contribution in [-0.4, -0.2) is 82.7 Å². The van der Waals surface area contributed by atoms with E-state index in [9.17, 15) is 24.3 Å². The van der Waals surface area contributed by atoms with Gasteiger partial charge in [-0.05, 0) is 42.8 Å². The monoisotopic (exact) mass is 496 g/mol. The molecule has 31 heavy (non-hydrogen) atoms. The number of amides is 3. The summed E-state index contributed by atoms with van der Waals surface area (Å²) in [5.74, 6) is -1.59. The molecule has 180 valence electrons. The van der Waals surface area contributed by atoms with E-state index in [-0.39, 0.29) is 18.1 Å². The number of thiol groups is 1. The van der Waals surface area contributed by atoms with Gasteiger partial charge in [0.25, 0.3) is 0 Å². The number of thioether (sulfide) groups is 2. The average molecular weight is 497 g/mol. The van der Waals surface area contributed by atoms with Crippen molar-refractivity contribution in [2.24, 2.45) is 11.7 Å². The highest BCUT2D eigenvalue weighted by Crippen LogP contribution is 2.11. The maximum Gasteiger partial charge on any atom is 0.326 e. The Labute approximate surface area is 198 Å². The molecule has 3 amide bonds. The molecule has 0 heterocycles. The fourth-order valence-corrected chi connectivity index (χ4v) is 3.69.